The maximum atomic E-state index is 2.57. The van der Waals surface area contributed by atoms with Crippen molar-refractivity contribution in [3.8, 4) is 44.5 Å². The molecule has 0 heteroatoms. The molecule has 13 aromatic carbocycles. The molecular weight excluding hydrogens is 829 g/mol. The summed E-state index contributed by atoms with van der Waals surface area (Å²) < 4.78 is 0. The van der Waals surface area contributed by atoms with Gasteiger partial charge in [-0.15, -0.1) is 0 Å². The summed E-state index contributed by atoms with van der Waals surface area (Å²) >= 11 is 0. The minimum atomic E-state index is -0.524. The smallest absolute Gasteiger partial charge is 0.0619 e. The van der Waals surface area contributed by atoms with Crippen molar-refractivity contribution in [2.45, 2.75) is 57.8 Å². The van der Waals surface area contributed by atoms with E-state index < -0.39 is 5.41 Å². The Morgan fingerprint density at radius 1 is 0.275 bits per heavy atom. The quantitative estimate of drug-likeness (QED) is 0.152. The molecule has 0 heterocycles. The van der Waals surface area contributed by atoms with Gasteiger partial charge < -0.3 is 0 Å². The third-order valence-corrected chi connectivity index (χ3v) is 16.6. The fourth-order valence-corrected chi connectivity index (χ4v) is 13.8. The number of hydrogen-bond donors (Lipinski definition) is 0. The molecule has 2 aliphatic rings. The summed E-state index contributed by atoms with van der Waals surface area (Å²) in [6.07, 6.45) is 0. The second-order valence-electron chi connectivity index (χ2n) is 22.3. The van der Waals surface area contributed by atoms with Crippen molar-refractivity contribution in [3.05, 3.63) is 228 Å². The van der Waals surface area contributed by atoms with Crippen molar-refractivity contribution < 1.29 is 0 Å². The molecule has 326 valence electrons. The van der Waals surface area contributed by atoms with Crippen LogP contribution in [0.5, 0.6) is 0 Å². The molecule has 15 rings (SSSR count). The standard InChI is InChI=1S/C69H50/c1-67(2,3)57-36-25-41-20-30-51-44(27-18-39-22-32-55(57)64(41)62(39)51)43-24-29-50-54-35-34-47-45(46-28-19-40-23-33-56-58(68(4,5)6)37-26-42-21-31-52(46)63(40)65(42)56)14-11-15-53(47)66(54)69(61(50)38-43)59-16-9-7-12-48(59)49-13-8-10-17-60(49)69/h7-38H,1-6H3. The summed E-state index contributed by atoms with van der Waals surface area (Å²) in [5.41, 5.74) is 18.2. The van der Waals surface area contributed by atoms with Gasteiger partial charge in [0.2, 0.25) is 0 Å². The highest BCUT2D eigenvalue weighted by Gasteiger charge is 2.52. The molecule has 0 aliphatic heterocycles. The Kier molecular flexibility index (Phi) is 7.53. The average Bonchev–Trinajstić information content (AvgIpc) is 3.83. The second kappa shape index (κ2) is 13.2. The third-order valence-electron chi connectivity index (χ3n) is 16.6. The van der Waals surface area contributed by atoms with Crippen LogP contribution in [0.25, 0.3) is 120 Å². The molecule has 0 saturated heterocycles. The summed E-state index contributed by atoms with van der Waals surface area (Å²) in [6, 6.07) is 75.6. The summed E-state index contributed by atoms with van der Waals surface area (Å²) in [4.78, 5) is 0. The fraction of sp³-hybridized carbons (Fsp3) is 0.130. The molecule has 0 unspecified atom stereocenters. The van der Waals surface area contributed by atoms with Crippen molar-refractivity contribution in [1.29, 1.82) is 0 Å². The molecule has 2 aliphatic carbocycles. The maximum Gasteiger partial charge on any atom is 0.0731 e. The lowest BCUT2D eigenvalue weighted by Gasteiger charge is -2.32. The van der Waals surface area contributed by atoms with Gasteiger partial charge in [-0.2, -0.15) is 0 Å². The first-order valence-electron chi connectivity index (χ1n) is 24.8. The zero-order valence-electron chi connectivity index (χ0n) is 40.0. The maximum absolute atomic E-state index is 2.57. The first-order valence-corrected chi connectivity index (χ1v) is 24.8. The predicted molar refractivity (Wildman–Crippen MR) is 296 cm³/mol. The average molecular weight is 879 g/mol. The Bertz CT molecular complexity index is 4330. The first-order chi connectivity index (χ1) is 33.5. The van der Waals surface area contributed by atoms with Crippen LogP contribution in [0.2, 0.25) is 0 Å². The van der Waals surface area contributed by atoms with Crippen molar-refractivity contribution >= 4 is 75.4 Å². The fourth-order valence-electron chi connectivity index (χ4n) is 13.8. The van der Waals surface area contributed by atoms with Gasteiger partial charge in [-0.3, -0.25) is 0 Å². The number of rotatable bonds is 2. The Balaban J connectivity index is 1.00. The number of benzene rings is 13. The van der Waals surface area contributed by atoms with E-state index >= 15 is 0 Å². The second-order valence-corrected chi connectivity index (χ2v) is 22.3. The van der Waals surface area contributed by atoms with E-state index in [1.165, 1.54) is 153 Å². The molecule has 0 amide bonds. The van der Waals surface area contributed by atoms with Crippen LogP contribution in [0.15, 0.2) is 194 Å². The van der Waals surface area contributed by atoms with Crippen molar-refractivity contribution in [1.82, 2.24) is 0 Å². The highest BCUT2D eigenvalue weighted by Crippen LogP contribution is 2.65. The predicted octanol–water partition coefficient (Wildman–Crippen LogP) is 18.9. The van der Waals surface area contributed by atoms with Crippen molar-refractivity contribution in [3.63, 3.8) is 0 Å². The molecule has 0 bridgehead atoms. The molecule has 13 aromatic rings. The largest absolute Gasteiger partial charge is 0.0731 e. The van der Waals surface area contributed by atoms with Crippen LogP contribution in [0.4, 0.5) is 0 Å². The number of hydrogen-bond acceptors (Lipinski definition) is 0. The molecular formula is C69H50. The summed E-state index contributed by atoms with van der Waals surface area (Å²) in [5.74, 6) is 0. The van der Waals surface area contributed by atoms with Gasteiger partial charge in [0.15, 0.2) is 0 Å². The molecule has 0 saturated carbocycles. The van der Waals surface area contributed by atoms with E-state index in [4.69, 9.17) is 0 Å². The van der Waals surface area contributed by atoms with Crippen LogP contribution in [0.3, 0.4) is 0 Å². The SMILES string of the molecule is CC(C)(C)c1ccc2ccc3c(-c4ccc5c(c4)C4(c6ccccc6-c6ccccc64)c4c-5ccc5c(-c6ccc7ccc8c(C(C)(C)C)ccc9ccc6c7c98)cccc45)ccc4ccc1c2c43. The van der Waals surface area contributed by atoms with Crippen LogP contribution >= 0.6 is 0 Å². The van der Waals surface area contributed by atoms with Crippen LogP contribution in [-0.4, -0.2) is 0 Å². The van der Waals surface area contributed by atoms with Crippen molar-refractivity contribution in [2.24, 2.45) is 0 Å². The summed E-state index contributed by atoms with van der Waals surface area (Å²) in [6.45, 7) is 14.0. The highest BCUT2D eigenvalue weighted by atomic mass is 14.5. The Hall–Kier alpha value is -7.80. The van der Waals surface area contributed by atoms with Gasteiger partial charge in [-0.25, -0.2) is 0 Å². The lowest BCUT2D eigenvalue weighted by Crippen LogP contribution is -2.26. The molecule has 0 atom stereocenters. The molecule has 0 fully saturated rings. The molecule has 0 radical (unpaired) electrons. The number of fused-ring (bicyclic) bond motifs is 12. The monoisotopic (exact) mass is 878 g/mol. The van der Waals surface area contributed by atoms with Crippen LogP contribution < -0.4 is 0 Å². The van der Waals surface area contributed by atoms with Gasteiger partial charge >= 0.3 is 0 Å². The lowest BCUT2D eigenvalue weighted by atomic mass is 9.69. The van der Waals surface area contributed by atoms with E-state index in [-0.39, 0.29) is 10.8 Å². The zero-order chi connectivity index (χ0) is 46.3. The molecule has 1 spiro atoms. The minimum absolute atomic E-state index is 0.0331. The molecule has 0 aromatic heterocycles. The van der Waals surface area contributed by atoms with Gasteiger partial charge in [0.1, 0.15) is 0 Å². The van der Waals surface area contributed by atoms with Crippen LogP contribution in [0.1, 0.15) is 74.9 Å². The zero-order valence-corrected chi connectivity index (χ0v) is 40.0. The van der Waals surface area contributed by atoms with Gasteiger partial charge in [-0.1, -0.05) is 230 Å². The van der Waals surface area contributed by atoms with Crippen LogP contribution in [-0.2, 0) is 16.2 Å². The Morgan fingerprint density at radius 2 is 0.681 bits per heavy atom. The van der Waals surface area contributed by atoms with Gasteiger partial charge in [0.25, 0.3) is 0 Å². The van der Waals surface area contributed by atoms with E-state index in [9.17, 15) is 0 Å². The molecule has 69 heavy (non-hydrogen) atoms. The Labute approximate surface area is 403 Å². The van der Waals surface area contributed by atoms with Gasteiger partial charge in [0, 0.05) is 0 Å². The first kappa shape index (κ1) is 39.2. The van der Waals surface area contributed by atoms with E-state index in [1.54, 1.807) is 0 Å². The topological polar surface area (TPSA) is 0 Å². The lowest BCUT2D eigenvalue weighted by molar-refractivity contribution is 0.596. The third kappa shape index (κ3) is 4.99. The van der Waals surface area contributed by atoms with Gasteiger partial charge in [-0.05, 0) is 170 Å². The van der Waals surface area contributed by atoms with E-state index in [0.717, 1.165) is 0 Å². The van der Waals surface area contributed by atoms with Crippen LogP contribution in [0, 0.1) is 0 Å². The highest BCUT2D eigenvalue weighted by molar-refractivity contribution is 6.28. The Morgan fingerprint density at radius 3 is 1.26 bits per heavy atom. The van der Waals surface area contributed by atoms with E-state index in [0.29, 0.717) is 0 Å². The van der Waals surface area contributed by atoms with Crippen molar-refractivity contribution in [2.75, 3.05) is 0 Å². The van der Waals surface area contributed by atoms with E-state index in [2.05, 4.69) is 236 Å². The molecule has 0 nitrogen and oxygen atoms in total. The normalized spacial score (nSPS) is 14.1. The summed E-state index contributed by atoms with van der Waals surface area (Å²) in [7, 11) is 0. The van der Waals surface area contributed by atoms with E-state index in [1.807, 2.05) is 0 Å². The molecule has 0 N–H and O–H groups in total. The van der Waals surface area contributed by atoms with Gasteiger partial charge in [0.05, 0.1) is 5.41 Å². The minimum Gasteiger partial charge on any atom is -0.0619 e. The summed E-state index contributed by atoms with van der Waals surface area (Å²) in [5, 5.41) is 18.6.